The van der Waals surface area contributed by atoms with E-state index in [1.807, 2.05) is 12.3 Å². The Balaban J connectivity index is 1.58. The summed E-state index contributed by atoms with van der Waals surface area (Å²) in [7, 11) is 0. The second-order valence-electron chi connectivity index (χ2n) is 9.30. The second-order valence-corrected chi connectivity index (χ2v) is 10.3. The molecular formula is C21H30N4OS. The Morgan fingerprint density at radius 2 is 1.96 bits per heavy atom. The van der Waals surface area contributed by atoms with Gasteiger partial charge in [0.05, 0.1) is 11.8 Å². The number of aliphatic hydroxyl groups excluding tert-OH is 1. The van der Waals surface area contributed by atoms with Crippen LogP contribution in [0.2, 0.25) is 0 Å². The quantitative estimate of drug-likeness (QED) is 0.734. The minimum Gasteiger partial charge on any atom is -0.388 e. The molecule has 2 aromatic rings. The van der Waals surface area contributed by atoms with Gasteiger partial charge in [0.2, 0.25) is 5.95 Å². The number of aromatic nitrogens is 2. The average molecular weight is 387 g/mol. The molecule has 5 nitrogen and oxygen atoms in total. The third-order valence-corrected chi connectivity index (χ3v) is 6.64. The highest BCUT2D eigenvalue weighted by Crippen LogP contribution is 2.41. The Kier molecular flexibility index (Phi) is 4.77. The number of hydrogen-bond acceptors (Lipinski definition) is 6. The number of aryl methyl sites for hydroxylation is 1. The van der Waals surface area contributed by atoms with Gasteiger partial charge in [-0.05, 0) is 65.9 Å². The smallest absolute Gasteiger partial charge is 0.223 e. The van der Waals surface area contributed by atoms with E-state index in [9.17, 15) is 5.11 Å². The van der Waals surface area contributed by atoms with Crippen molar-refractivity contribution in [1.82, 2.24) is 15.3 Å². The van der Waals surface area contributed by atoms with Crippen LogP contribution in [0.5, 0.6) is 0 Å². The molecule has 1 atom stereocenters. The van der Waals surface area contributed by atoms with E-state index in [-0.39, 0.29) is 17.2 Å². The summed E-state index contributed by atoms with van der Waals surface area (Å²) in [5.74, 6) is 0.677. The van der Waals surface area contributed by atoms with E-state index >= 15 is 0 Å². The largest absolute Gasteiger partial charge is 0.388 e. The molecule has 27 heavy (non-hydrogen) atoms. The summed E-state index contributed by atoms with van der Waals surface area (Å²) in [6.45, 7) is 9.00. The topological polar surface area (TPSA) is 70.1 Å². The van der Waals surface area contributed by atoms with Crippen molar-refractivity contribution in [3.05, 3.63) is 28.1 Å². The highest BCUT2D eigenvalue weighted by atomic mass is 32.1. The Hall–Kier alpha value is -1.50. The van der Waals surface area contributed by atoms with Crippen LogP contribution in [0.1, 0.15) is 69.9 Å². The highest BCUT2D eigenvalue weighted by molar-refractivity contribution is 7.10. The van der Waals surface area contributed by atoms with Gasteiger partial charge in [-0.15, -0.1) is 11.3 Å². The summed E-state index contributed by atoms with van der Waals surface area (Å²) in [5.41, 5.74) is 3.21. The number of nitrogens with one attached hydrogen (secondary N) is 2. The third kappa shape index (κ3) is 4.03. The van der Waals surface area contributed by atoms with Crippen LogP contribution < -0.4 is 10.6 Å². The van der Waals surface area contributed by atoms with Gasteiger partial charge >= 0.3 is 0 Å². The number of fused-ring (bicyclic) bond motifs is 1. The minimum atomic E-state index is -0.368. The Morgan fingerprint density at radius 1 is 1.22 bits per heavy atom. The molecule has 1 fully saturated rings. The SMILES string of the molecule is CC1(C)CC(Nc2nccc(-c3csc4c3C(O)CCC4)n2)CC(C)(C)N1. The van der Waals surface area contributed by atoms with E-state index in [4.69, 9.17) is 4.98 Å². The van der Waals surface area contributed by atoms with Crippen LogP contribution >= 0.6 is 11.3 Å². The van der Waals surface area contributed by atoms with E-state index in [2.05, 4.69) is 48.7 Å². The molecule has 0 bridgehead atoms. The Morgan fingerprint density at radius 3 is 2.70 bits per heavy atom. The third-order valence-electron chi connectivity index (χ3n) is 5.58. The summed E-state index contributed by atoms with van der Waals surface area (Å²) >= 11 is 1.74. The van der Waals surface area contributed by atoms with Crippen LogP contribution in [-0.4, -0.2) is 32.2 Å². The first-order chi connectivity index (χ1) is 12.7. The maximum Gasteiger partial charge on any atom is 0.223 e. The van der Waals surface area contributed by atoms with Crippen molar-refractivity contribution in [2.75, 3.05) is 5.32 Å². The number of nitrogens with zero attached hydrogens (tertiary/aromatic N) is 2. The first-order valence-corrected chi connectivity index (χ1v) is 10.8. The van der Waals surface area contributed by atoms with Crippen molar-refractivity contribution >= 4 is 17.3 Å². The van der Waals surface area contributed by atoms with Crippen LogP contribution in [0.15, 0.2) is 17.6 Å². The molecule has 1 aliphatic heterocycles. The van der Waals surface area contributed by atoms with Gasteiger partial charge < -0.3 is 15.7 Å². The molecule has 0 spiro atoms. The maximum atomic E-state index is 10.5. The second kappa shape index (κ2) is 6.83. The lowest BCUT2D eigenvalue weighted by Crippen LogP contribution is -2.60. The monoisotopic (exact) mass is 386 g/mol. The molecule has 0 saturated carbocycles. The molecule has 6 heteroatoms. The molecule has 0 aromatic carbocycles. The van der Waals surface area contributed by atoms with Gasteiger partial charge in [-0.1, -0.05) is 0 Å². The van der Waals surface area contributed by atoms with Crippen LogP contribution in [0.3, 0.4) is 0 Å². The van der Waals surface area contributed by atoms with E-state index in [0.29, 0.717) is 12.0 Å². The molecule has 3 heterocycles. The number of thiophene rings is 1. The fourth-order valence-electron chi connectivity index (χ4n) is 4.95. The lowest BCUT2D eigenvalue weighted by molar-refractivity contribution is 0.158. The fraction of sp³-hybridized carbons (Fsp3) is 0.619. The fourth-order valence-corrected chi connectivity index (χ4v) is 6.09. The molecule has 1 saturated heterocycles. The molecule has 2 aliphatic rings. The zero-order valence-corrected chi connectivity index (χ0v) is 17.5. The molecule has 1 aliphatic carbocycles. The van der Waals surface area contributed by atoms with Gasteiger partial charge in [-0.3, -0.25) is 0 Å². The lowest BCUT2D eigenvalue weighted by atomic mass is 9.80. The van der Waals surface area contributed by atoms with Crippen LogP contribution in [0.25, 0.3) is 11.3 Å². The zero-order valence-electron chi connectivity index (χ0n) is 16.7. The van der Waals surface area contributed by atoms with Crippen LogP contribution in [0.4, 0.5) is 5.95 Å². The van der Waals surface area contributed by atoms with Crippen molar-refractivity contribution < 1.29 is 5.11 Å². The normalized spacial score (nSPS) is 24.4. The standard InChI is InChI=1S/C21H30N4OS/c1-20(2)10-13(11-21(3,4)25-20)23-19-22-9-8-15(24-19)14-12-27-17-7-5-6-16(26)18(14)17/h8-9,12-13,16,25-26H,5-7,10-11H2,1-4H3,(H,22,23,24). The predicted molar refractivity (Wildman–Crippen MR) is 111 cm³/mol. The summed E-state index contributed by atoms with van der Waals surface area (Å²) in [6.07, 6.45) is 6.46. The number of anilines is 1. The van der Waals surface area contributed by atoms with Crippen molar-refractivity contribution in [3.63, 3.8) is 0 Å². The maximum absolute atomic E-state index is 10.5. The lowest BCUT2D eigenvalue weighted by Gasteiger charge is -2.46. The van der Waals surface area contributed by atoms with Crippen molar-refractivity contribution in [2.24, 2.45) is 0 Å². The van der Waals surface area contributed by atoms with Gasteiger partial charge in [-0.2, -0.15) is 0 Å². The first-order valence-electron chi connectivity index (χ1n) is 9.90. The average Bonchev–Trinajstić information content (AvgIpc) is 2.97. The van der Waals surface area contributed by atoms with Gasteiger partial charge in [0.1, 0.15) is 0 Å². The molecule has 4 rings (SSSR count). The highest BCUT2D eigenvalue weighted by Gasteiger charge is 2.37. The Labute approximate surface area is 165 Å². The van der Waals surface area contributed by atoms with Crippen molar-refractivity contribution in [1.29, 1.82) is 0 Å². The molecule has 1 unspecified atom stereocenters. The first kappa shape index (κ1) is 18.8. The van der Waals surface area contributed by atoms with Gasteiger partial charge in [0.15, 0.2) is 0 Å². The van der Waals surface area contributed by atoms with Crippen molar-refractivity contribution in [3.8, 4) is 11.3 Å². The molecule has 146 valence electrons. The van der Waals surface area contributed by atoms with Gasteiger partial charge in [-0.25, -0.2) is 9.97 Å². The van der Waals surface area contributed by atoms with Crippen LogP contribution in [0, 0.1) is 0 Å². The number of hydrogen-bond donors (Lipinski definition) is 3. The number of aliphatic hydroxyl groups is 1. The predicted octanol–water partition coefficient (Wildman–Crippen LogP) is 4.30. The van der Waals surface area contributed by atoms with Crippen LogP contribution in [-0.2, 0) is 6.42 Å². The van der Waals surface area contributed by atoms with E-state index in [1.54, 1.807) is 11.3 Å². The minimum absolute atomic E-state index is 0.0770. The molecule has 0 amide bonds. The molecule has 2 aromatic heterocycles. The summed E-state index contributed by atoms with van der Waals surface area (Å²) in [5, 5.41) is 19.9. The molecular weight excluding hydrogens is 356 g/mol. The summed E-state index contributed by atoms with van der Waals surface area (Å²) in [6, 6.07) is 2.28. The van der Waals surface area contributed by atoms with E-state index in [0.717, 1.165) is 48.9 Å². The van der Waals surface area contributed by atoms with E-state index in [1.165, 1.54) is 4.88 Å². The van der Waals surface area contributed by atoms with Gasteiger partial charge in [0, 0.05) is 44.7 Å². The number of rotatable bonds is 3. The molecule has 0 radical (unpaired) electrons. The van der Waals surface area contributed by atoms with Gasteiger partial charge in [0.25, 0.3) is 0 Å². The number of piperidine rings is 1. The van der Waals surface area contributed by atoms with Crippen molar-refractivity contribution in [2.45, 2.75) is 83.0 Å². The van der Waals surface area contributed by atoms with E-state index < -0.39 is 0 Å². The Bertz CT molecular complexity index is 813. The molecule has 3 N–H and O–H groups in total. The summed E-state index contributed by atoms with van der Waals surface area (Å²) < 4.78 is 0. The zero-order chi connectivity index (χ0) is 19.2. The summed E-state index contributed by atoms with van der Waals surface area (Å²) in [4.78, 5) is 10.6.